The summed E-state index contributed by atoms with van der Waals surface area (Å²) in [6.45, 7) is 2.92. The van der Waals surface area contributed by atoms with Gasteiger partial charge in [0.05, 0.1) is 18.8 Å². The highest BCUT2D eigenvalue weighted by atomic mass is 32.2. The number of morpholine rings is 1. The molecule has 2 N–H and O–H groups in total. The van der Waals surface area contributed by atoms with Crippen LogP contribution in [0.4, 0.5) is 0 Å². The smallest absolute Gasteiger partial charge is 0.238 e. The predicted octanol–water partition coefficient (Wildman–Crippen LogP) is -1.39. The summed E-state index contributed by atoms with van der Waals surface area (Å²) in [5.74, 6) is -0.828. The number of hydrogen-bond acceptors (Lipinski definition) is 5. The van der Waals surface area contributed by atoms with Gasteiger partial charge in [-0.15, -0.1) is 0 Å². The van der Waals surface area contributed by atoms with E-state index in [2.05, 4.69) is 0 Å². The first-order chi connectivity index (χ1) is 7.33. The number of amides is 1. The second-order valence-corrected chi connectivity index (χ2v) is 6.30. The second-order valence-electron chi connectivity index (χ2n) is 4.16. The molecule has 1 rings (SSSR count). The summed E-state index contributed by atoms with van der Waals surface area (Å²) in [6, 6.07) is -0.1000. The lowest BCUT2D eigenvalue weighted by molar-refractivity contribution is -0.140. The number of hydrogen-bond donors (Lipinski definition) is 1. The lowest BCUT2D eigenvalue weighted by Gasteiger charge is -2.37. The van der Waals surface area contributed by atoms with Crippen LogP contribution in [0.25, 0.3) is 0 Å². The summed E-state index contributed by atoms with van der Waals surface area (Å²) in [7, 11) is -3.28. The van der Waals surface area contributed by atoms with Crippen molar-refractivity contribution in [2.45, 2.75) is 19.1 Å². The Morgan fingerprint density at radius 3 is 2.69 bits per heavy atom. The predicted molar refractivity (Wildman–Crippen MR) is 59.7 cm³/mol. The highest BCUT2D eigenvalue weighted by Gasteiger charge is 2.30. The first kappa shape index (κ1) is 13.4. The molecule has 0 spiro atoms. The van der Waals surface area contributed by atoms with Gasteiger partial charge < -0.3 is 15.4 Å². The van der Waals surface area contributed by atoms with Gasteiger partial charge in [-0.25, -0.2) is 8.42 Å². The van der Waals surface area contributed by atoms with Gasteiger partial charge in [0, 0.05) is 19.3 Å². The lowest BCUT2D eigenvalue weighted by atomic mass is 10.2. The standard InChI is InChI=1S/C9H18N2O4S/c1-7-5-15-8(3-10)4-11(7)9(12)6-16(2,13)14/h7-8H,3-6,10H2,1-2H3. The highest BCUT2D eigenvalue weighted by Crippen LogP contribution is 2.11. The van der Waals surface area contributed by atoms with Crippen LogP contribution in [0.15, 0.2) is 0 Å². The van der Waals surface area contributed by atoms with Crippen LogP contribution in [0.1, 0.15) is 6.92 Å². The highest BCUT2D eigenvalue weighted by molar-refractivity contribution is 7.91. The van der Waals surface area contributed by atoms with E-state index in [0.717, 1.165) is 6.26 Å². The molecule has 0 aromatic carbocycles. The molecular formula is C9H18N2O4S. The number of carbonyl (C=O) groups excluding carboxylic acids is 1. The molecule has 16 heavy (non-hydrogen) atoms. The third-order valence-corrected chi connectivity index (χ3v) is 3.25. The molecule has 0 radical (unpaired) electrons. The van der Waals surface area contributed by atoms with E-state index in [4.69, 9.17) is 10.5 Å². The maximum Gasteiger partial charge on any atom is 0.238 e. The fourth-order valence-corrected chi connectivity index (χ4v) is 2.23. The van der Waals surface area contributed by atoms with Crippen LogP contribution in [0.5, 0.6) is 0 Å². The Balaban J connectivity index is 2.66. The van der Waals surface area contributed by atoms with E-state index in [9.17, 15) is 13.2 Å². The number of sulfone groups is 1. The van der Waals surface area contributed by atoms with Gasteiger partial charge in [-0.05, 0) is 6.92 Å². The molecule has 1 saturated heterocycles. The number of nitrogens with zero attached hydrogens (tertiary/aromatic N) is 1. The zero-order valence-electron chi connectivity index (χ0n) is 9.55. The number of ether oxygens (including phenoxy) is 1. The van der Waals surface area contributed by atoms with Gasteiger partial charge in [-0.1, -0.05) is 0 Å². The zero-order valence-corrected chi connectivity index (χ0v) is 10.4. The van der Waals surface area contributed by atoms with Crippen LogP contribution in [0.3, 0.4) is 0 Å². The third-order valence-electron chi connectivity index (χ3n) is 2.47. The van der Waals surface area contributed by atoms with E-state index in [0.29, 0.717) is 19.7 Å². The van der Waals surface area contributed by atoms with Crippen molar-refractivity contribution in [2.75, 3.05) is 31.7 Å². The molecule has 0 bridgehead atoms. The molecule has 1 aliphatic heterocycles. The number of nitrogens with two attached hydrogens (primary N) is 1. The molecule has 6 nitrogen and oxygen atoms in total. The van der Waals surface area contributed by atoms with E-state index in [1.165, 1.54) is 4.90 Å². The first-order valence-electron chi connectivity index (χ1n) is 5.12. The molecule has 0 aromatic rings. The molecule has 1 fully saturated rings. The zero-order chi connectivity index (χ0) is 12.3. The topological polar surface area (TPSA) is 89.7 Å². The van der Waals surface area contributed by atoms with Crippen molar-refractivity contribution in [2.24, 2.45) is 5.73 Å². The molecular weight excluding hydrogens is 232 g/mol. The molecule has 2 atom stereocenters. The van der Waals surface area contributed by atoms with Crippen LogP contribution >= 0.6 is 0 Å². The first-order valence-corrected chi connectivity index (χ1v) is 7.18. The average molecular weight is 250 g/mol. The minimum absolute atomic E-state index is 0.1000. The van der Waals surface area contributed by atoms with Crippen LogP contribution in [0.2, 0.25) is 0 Å². The van der Waals surface area contributed by atoms with Gasteiger partial charge in [0.1, 0.15) is 5.75 Å². The van der Waals surface area contributed by atoms with Crippen LogP contribution in [-0.4, -0.2) is 63.1 Å². The fraction of sp³-hybridized carbons (Fsp3) is 0.889. The minimum atomic E-state index is -3.28. The van der Waals surface area contributed by atoms with Crippen molar-refractivity contribution in [3.63, 3.8) is 0 Å². The van der Waals surface area contributed by atoms with Crippen LogP contribution in [-0.2, 0) is 19.4 Å². The maximum absolute atomic E-state index is 11.7. The van der Waals surface area contributed by atoms with Crippen LogP contribution in [0, 0.1) is 0 Å². The summed E-state index contributed by atoms with van der Waals surface area (Å²) in [5.41, 5.74) is 5.46. The normalized spacial score (nSPS) is 26.8. The number of rotatable bonds is 3. The second kappa shape index (κ2) is 5.11. The summed E-state index contributed by atoms with van der Waals surface area (Å²) >= 11 is 0. The van der Waals surface area contributed by atoms with Gasteiger partial charge in [-0.2, -0.15) is 0 Å². The Bertz CT molecular complexity index is 355. The Labute approximate surface area is 95.7 Å². The van der Waals surface area contributed by atoms with Gasteiger partial charge in [0.25, 0.3) is 0 Å². The summed E-state index contributed by atoms with van der Waals surface area (Å²) in [5, 5.41) is 0. The fourth-order valence-electron chi connectivity index (χ4n) is 1.61. The van der Waals surface area contributed by atoms with Crippen molar-refractivity contribution >= 4 is 15.7 Å². The van der Waals surface area contributed by atoms with E-state index in [-0.39, 0.29) is 18.1 Å². The SMILES string of the molecule is CC1COC(CN)CN1C(=O)CS(C)(=O)=O. The average Bonchev–Trinajstić information content (AvgIpc) is 2.15. The van der Waals surface area contributed by atoms with Gasteiger partial charge in [0.15, 0.2) is 9.84 Å². The molecule has 0 aliphatic carbocycles. The van der Waals surface area contributed by atoms with Crippen LogP contribution < -0.4 is 5.73 Å². The Morgan fingerprint density at radius 1 is 1.56 bits per heavy atom. The Morgan fingerprint density at radius 2 is 2.19 bits per heavy atom. The van der Waals surface area contributed by atoms with Gasteiger partial charge in [0.2, 0.25) is 5.91 Å². The lowest BCUT2D eigenvalue weighted by Crippen LogP contribution is -2.54. The van der Waals surface area contributed by atoms with Gasteiger partial charge in [-0.3, -0.25) is 4.79 Å². The van der Waals surface area contributed by atoms with E-state index < -0.39 is 15.6 Å². The van der Waals surface area contributed by atoms with E-state index >= 15 is 0 Å². The van der Waals surface area contributed by atoms with Crippen molar-refractivity contribution in [1.82, 2.24) is 4.90 Å². The molecule has 0 aromatic heterocycles. The van der Waals surface area contributed by atoms with Crippen molar-refractivity contribution < 1.29 is 17.9 Å². The van der Waals surface area contributed by atoms with E-state index in [1.807, 2.05) is 6.92 Å². The minimum Gasteiger partial charge on any atom is -0.373 e. The summed E-state index contributed by atoms with van der Waals surface area (Å²) in [4.78, 5) is 13.3. The van der Waals surface area contributed by atoms with Crippen molar-refractivity contribution in [3.8, 4) is 0 Å². The summed E-state index contributed by atoms with van der Waals surface area (Å²) < 4.78 is 27.5. The molecule has 94 valence electrons. The van der Waals surface area contributed by atoms with Gasteiger partial charge >= 0.3 is 0 Å². The molecule has 2 unspecified atom stereocenters. The molecule has 1 aliphatic rings. The third kappa shape index (κ3) is 3.73. The molecule has 1 heterocycles. The van der Waals surface area contributed by atoms with E-state index in [1.54, 1.807) is 0 Å². The van der Waals surface area contributed by atoms with Crippen molar-refractivity contribution in [3.05, 3.63) is 0 Å². The Kier molecular flexibility index (Phi) is 4.28. The number of carbonyl (C=O) groups is 1. The molecule has 1 amide bonds. The van der Waals surface area contributed by atoms with Crippen molar-refractivity contribution in [1.29, 1.82) is 0 Å². The Hall–Kier alpha value is -0.660. The molecule has 7 heteroatoms. The summed E-state index contributed by atoms with van der Waals surface area (Å²) in [6.07, 6.45) is 0.857. The monoisotopic (exact) mass is 250 g/mol. The quantitative estimate of drug-likeness (QED) is 0.666. The largest absolute Gasteiger partial charge is 0.373 e. The maximum atomic E-state index is 11.7. The molecule has 0 saturated carbocycles.